The molecule has 0 spiro atoms. The molecule has 0 aliphatic heterocycles. The van der Waals surface area contributed by atoms with Crippen molar-refractivity contribution in [3.63, 3.8) is 0 Å². The van der Waals surface area contributed by atoms with Gasteiger partial charge in [0.2, 0.25) is 0 Å². The smallest absolute Gasteiger partial charge is 0.123 e. The van der Waals surface area contributed by atoms with Gasteiger partial charge in [0.1, 0.15) is 5.82 Å². The first-order chi connectivity index (χ1) is 10.8. The molecule has 1 unspecified atom stereocenters. The molecule has 0 saturated heterocycles. The number of nitrogens with one attached hydrogen (secondary N) is 1. The fourth-order valence-electron chi connectivity index (χ4n) is 2.54. The first-order valence-corrected chi connectivity index (χ1v) is 7.40. The van der Waals surface area contributed by atoms with Crippen molar-refractivity contribution in [2.75, 3.05) is 0 Å². The van der Waals surface area contributed by atoms with Gasteiger partial charge >= 0.3 is 0 Å². The van der Waals surface area contributed by atoms with E-state index in [1.165, 1.54) is 23.3 Å². The molecule has 1 atom stereocenters. The number of hydrogen-bond donors (Lipinski definition) is 1. The van der Waals surface area contributed by atoms with Crippen molar-refractivity contribution in [2.45, 2.75) is 12.6 Å². The van der Waals surface area contributed by atoms with Gasteiger partial charge in [0.15, 0.2) is 0 Å². The maximum atomic E-state index is 13.2. The highest BCUT2D eigenvalue weighted by molar-refractivity contribution is 5.32. The van der Waals surface area contributed by atoms with Crippen LogP contribution in [0.25, 0.3) is 0 Å². The van der Waals surface area contributed by atoms with E-state index < -0.39 is 0 Å². The molecule has 0 radical (unpaired) electrons. The van der Waals surface area contributed by atoms with Crippen LogP contribution in [0.1, 0.15) is 22.7 Å². The molecule has 110 valence electrons. The van der Waals surface area contributed by atoms with E-state index in [0.29, 0.717) is 0 Å². The van der Waals surface area contributed by atoms with E-state index in [1.807, 2.05) is 48.5 Å². The molecule has 0 aliphatic rings. The summed E-state index contributed by atoms with van der Waals surface area (Å²) in [7, 11) is 0. The first-order valence-electron chi connectivity index (χ1n) is 7.40. The Morgan fingerprint density at radius 2 is 1.23 bits per heavy atom. The molecule has 3 rings (SSSR count). The van der Waals surface area contributed by atoms with Gasteiger partial charge in [-0.1, -0.05) is 72.8 Å². The summed E-state index contributed by atoms with van der Waals surface area (Å²) in [6, 6.07) is 27.2. The lowest BCUT2D eigenvalue weighted by Gasteiger charge is -2.20. The molecular formula is C20H18FN. The molecule has 1 nitrogen and oxygen atoms in total. The van der Waals surface area contributed by atoms with Gasteiger partial charge in [-0.3, -0.25) is 0 Å². The number of rotatable bonds is 5. The summed E-state index contributed by atoms with van der Waals surface area (Å²) in [5, 5.41) is 3.57. The maximum Gasteiger partial charge on any atom is 0.123 e. The Morgan fingerprint density at radius 3 is 1.86 bits per heavy atom. The van der Waals surface area contributed by atoms with Crippen molar-refractivity contribution in [1.29, 1.82) is 0 Å². The molecule has 0 fully saturated rings. The Kier molecular flexibility index (Phi) is 4.62. The third-order valence-corrected chi connectivity index (χ3v) is 3.69. The van der Waals surface area contributed by atoms with E-state index in [-0.39, 0.29) is 11.9 Å². The van der Waals surface area contributed by atoms with Crippen LogP contribution in [-0.2, 0) is 6.54 Å². The van der Waals surface area contributed by atoms with Gasteiger partial charge in [-0.25, -0.2) is 4.39 Å². The Balaban J connectivity index is 1.85. The minimum Gasteiger partial charge on any atom is -0.302 e. The molecule has 0 aliphatic carbocycles. The van der Waals surface area contributed by atoms with Gasteiger partial charge in [-0.2, -0.15) is 0 Å². The molecule has 0 saturated carbocycles. The van der Waals surface area contributed by atoms with Crippen LogP contribution in [0.3, 0.4) is 0 Å². The van der Waals surface area contributed by atoms with E-state index in [2.05, 4.69) is 29.6 Å². The highest BCUT2D eigenvalue weighted by Crippen LogP contribution is 2.22. The Morgan fingerprint density at radius 1 is 0.682 bits per heavy atom. The van der Waals surface area contributed by atoms with Crippen LogP contribution in [0.5, 0.6) is 0 Å². The molecule has 0 heterocycles. The van der Waals surface area contributed by atoms with Crippen molar-refractivity contribution in [3.8, 4) is 0 Å². The molecule has 0 amide bonds. The second-order valence-electron chi connectivity index (χ2n) is 5.26. The molecule has 22 heavy (non-hydrogen) atoms. The van der Waals surface area contributed by atoms with Crippen LogP contribution in [0, 0.1) is 5.82 Å². The van der Waals surface area contributed by atoms with Crippen molar-refractivity contribution in [2.24, 2.45) is 0 Å². The van der Waals surface area contributed by atoms with Crippen LogP contribution in [0.15, 0.2) is 84.9 Å². The van der Waals surface area contributed by atoms with Crippen molar-refractivity contribution in [1.82, 2.24) is 5.32 Å². The standard InChI is InChI=1S/C20H18FN/c21-19-13-11-18(12-14-19)20(17-9-5-2-6-10-17)22-15-16-7-3-1-4-8-16/h1-14,20,22H,15H2. The molecule has 1 N–H and O–H groups in total. The quantitative estimate of drug-likeness (QED) is 0.718. The second kappa shape index (κ2) is 7.01. The zero-order chi connectivity index (χ0) is 15.2. The van der Waals surface area contributed by atoms with E-state index in [4.69, 9.17) is 0 Å². The minimum absolute atomic E-state index is 0.0435. The average Bonchev–Trinajstić information content (AvgIpc) is 2.58. The summed E-state index contributed by atoms with van der Waals surface area (Å²) >= 11 is 0. The maximum absolute atomic E-state index is 13.2. The molecule has 2 heteroatoms. The van der Waals surface area contributed by atoms with Crippen molar-refractivity contribution >= 4 is 0 Å². The lowest BCUT2D eigenvalue weighted by Crippen LogP contribution is -2.22. The Labute approximate surface area is 130 Å². The zero-order valence-corrected chi connectivity index (χ0v) is 12.2. The lowest BCUT2D eigenvalue weighted by atomic mass is 9.98. The first kappa shape index (κ1) is 14.5. The summed E-state index contributed by atoms with van der Waals surface area (Å²) in [5.41, 5.74) is 3.46. The molecule has 3 aromatic carbocycles. The van der Waals surface area contributed by atoms with Crippen LogP contribution in [0.4, 0.5) is 4.39 Å². The monoisotopic (exact) mass is 291 g/mol. The number of hydrogen-bond acceptors (Lipinski definition) is 1. The summed E-state index contributed by atoms with van der Waals surface area (Å²) in [4.78, 5) is 0. The van der Waals surface area contributed by atoms with Crippen LogP contribution in [-0.4, -0.2) is 0 Å². The van der Waals surface area contributed by atoms with Gasteiger partial charge < -0.3 is 5.32 Å². The highest BCUT2D eigenvalue weighted by Gasteiger charge is 2.13. The van der Waals surface area contributed by atoms with E-state index in [0.717, 1.165) is 12.1 Å². The van der Waals surface area contributed by atoms with Crippen molar-refractivity contribution < 1.29 is 4.39 Å². The minimum atomic E-state index is -0.210. The van der Waals surface area contributed by atoms with E-state index in [9.17, 15) is 4.39 Å². The Bertz CT molecular complexity index is 693. The topological polar surface area (TPSA) is 12.0 Å². The predicted molar refractivity (Wildman–Crippen MR) is 88.0 cm³/mol. The lowest BCUT2D eigenvalue weighted by molar-refractivity contribution is 0.598. The van der Waals surface area contributed by atoms with Gasteiger partial charge in [0.05, 0.1) is 6.04 Å². The third kappa shape index (κ3) is 3.60. The average molecular weight is 291 g/mol. The SMILES string of the molecule is Fc1ccc(C(NCc2ccccc2)c2ccccc2)cc1. The fourth-order valence-corrected chi connectivity index (χ4v) is 2.54. The highest BCUT2D eigenvalue weighted by atomic mass is 19.1. The van der Waals surface area contributed by atoms with Crippen molar-refractivity contribution in [3.05, 3.63) is 107 Å². The van der Waals surface area contributed by atoms with Gasteiger partial charge in [-0.15, -0.1) is 0 Å². The molecule has 0 aromatic heterocycles. The van der Waals surface area contributed by atoms with E-state index >= 15 is 0 Å². The van der Waals surface area contributed by atoms with Crippen LogP contribution >= 0.6 is 0 Å². The number of benzene rings is 3. The predicted octanol–water partition coefficient (Wildman–Crippen LogP) is 4.70. The van der Waals surface area contributed by atoms with Gasteiger partial charge in [0.25, 0.3) is 0 Å². The molecule has 3 aromatic rings. The summed E-state index contributed by atoms with van der Waals surface area (Å²) in [5.74, 6) is -0.210. The summed E-state index contributed by atoms with van der Waals surface area (Å²) in [6.45, 7) is 0.762. The summed E-state index contributed by atoms with van der Waals surface area (Å²) < 4.78 is 13.2. The largest absolute Gasteiger partial charge is 0.302 e. The third-order valence-electron chi connectivity index (χ3n) is 3.69. The second-order valence-corrected chi connectivity index (χ2v) is 5.26. The zero-order valence-electron chi connectivity index (χ0n) is 12.2. The molecule has 0 bridgehead atoms. The number of halogens is 1. The molecular weight excluding hydrogens is 273 g/mol. The van der Waals surface area contributed by atoms with Crippen LogP contribution in [0.2, 0.25) is 0 Å². The Hall–Kier alpha value is -2.45. The van der Waals surface area contributed by atoms with Gasteiger partial charge in [-0.05, 0) is 28.8 Å². The van der Waals surface area contributed by atoms with Crippen LogP contribution < -0.4 is 5.32 Å². The fraction of sp³-hybridized carbons (Fsp3) is 0.100. The normalized spacial score (nSPS) is 12.0. The van der Waals surface area contributed by atoms with E-state index in [1.54, 1.807) is 0 Å². The summed E-state index contributed by atoms with van der Waals surface area (Å²) in [6.07, 6.45) is 0. The van der Waals surface area contributed by atoms with Gasteiger partial charge in [0, 0.05) is 6.54 Å².